The first kappa shape index (κ1) is 23.2. The van der Waals surface area contributed by atoms with E-state index in [2.05, 4.69) is 5.32 Å². The number of aromatic nitrogens is 1. The molecule has 2 aromatic carbocycles. The second-order valence-electron chi connectivity index (χ2n) is 7.35. The zero-order valence-corrected chi connectivity index (χ0v) is 17.8. The summed E-state index contributed by atoms with van der Waals surface area (Å²) in [6, 6.07) is 6.79. The molecule has 3 rings (SSSR count). The van der Waals surface area contributed by atoms with Gasteiger partial charge in [0.1, 0.15) is 0 Å². The van der Waals surface area contributed by atoms with Gasteiger partial charge >= 0.3 is 5.97 Å². The average molecular weight is 465 g/mol. The molecule has 0 radical (unpaired) electrons. The molecule has 0 aliphatic rings. The molecule has 168 valence electrons. The highest BCUT2D eigenvalue weighted by atomic mass is 35.5. The zero-order chi connectivity index (χ0) is 23.7. The Morgan fingerprint density at radius 3 is 2.53 bits per heavy atom. The lowest BCUT2D eigenvalue weighted by atomic mass is 10.1. The lowest BCUT2D eigenvalue weighted by molar-refractivity contribution is -0.141. The van der Waals surface area contributed by atoms with Crippen LogP contribution in [0.25, 0.3) is 10.9 Å². The van der Waals surface area contributed by atoms with E-state index in [0.717, 1.165) is 10.6 Å². The number of aliphatic carboxylic acids is 1. The maximum atomic E-state index is 14.9. The predicted octanol–water partition coefficient (Wildman–Crippen LogP) is 3.65. The van der Waals surface area contributed by atoms with Crippen molar-refractivity contribution in [3.05, 3.63) is 63.8 Å². The summed E-state index contributed by atoms with van der Waals surface area (Å²) in [5.41, 5.74) is 0.207. The normalized spacial score (nSPS) is 12.0. The van der Waals surface area contributed by atoms with Crippen molar-refractivity contribution in [2.24, 2.45) is 5.92 Å². The molecule has 1 aromatic heterocycles. The van der Waals surface area contributed by atoms with Gasteiger partial charge in [-0.1, -0.05) is 24.6 Å². The number of nitrogens with one attached hydrogen (secondary N) is 1. The molecular weight excluding hydrogens is 446 g/mol. The Kier molecular flexibility index (Phi) is 6.50. The van der Waals surface area contributed by atoms with Crippen LogP contribution in [0.4, 0.5) is 8.78 Å². The molecule has 1 amide bonds. The third-order valence-corrected chi connectivity index (χ3v) is 5.36. The number of phenols is 1. The quantitative estimate of drug-likeness (QED) is 0.516. The molecule has 0 bridgehead atoms. The smallest absolute Gasteiger partial charge is 0.308 e. The van der Waals surface area contributed by atoms with Gasteiger partial charge < -0.3 is 15.5 Å². The van der Waals surface area contributed by atoms with E-state index in [-0.39, 0.29) is 39.3 Å². The Morgan fingerprint density at radius 1 is 1.22 bits per heavy atom. The van der Waals surface area contributed by atoms with Gasteiger partial charge in [0.25, 0.3) is 5.91 Å². The lowest BCUT2D eigenvalue weighted by Crippen LogP contribution is -2.32. The number of carbonyl (C=O) groups is 3. The molecule has 10 heteroatoms. The van der Waals surface area contributed by atoms with Crippen LogP contribution in [-0.4, -0.2) is 39.1 Å². The molecule has 3 aromatic rings. The summed E-state index contributed by atoms with van der Waals surface area (Å²) < 4.78 is 30.1. The topological polar surface area (TPSA) is 109 Å². The van der Waals surface area contributed by atoms with Gasteiger partial charge in [0.05, 0.1) is 17.9 Å². The largest absolute Gasteiger partial charge is 0.503 e. The number of aromatic hydroxyl groups is 1. The summed E-state index contributed by atoms with van der Waals surface area (Å²) in [6.07, 6.45) is -0.424. The maximum absolute atomic E-state index is 14.9. The molecule has 0 saturated heterocycles. The van der Waals surface area contributed by atoms with Crippen LogP contribution in [0.5, 0.6) is 5.75 Å². The Labute approximate surface area is 186 Å². The maximum Gasteiger partial charge on any atom is 0.308 e. The fraction of sp³-hybridized carbons (Fsp3) is 0.227. The summed E-state index contributed by atoms with van der Waals surface area (Å²) in [5, 5.41) is 21.1. The van der Waals surface area contributed by atoms with Crippen LogP contribution in [-0.2, 0) is 16.0 Å². The standard InChI is InChI=1S/C22H19ClF2N2O5/c1-10(22(31)32)9-26-17(28)7-14-11(2)27(21(30)12-4-3-5-13(23)6-12)16-8-15(24)20(29)19(25)18(14)16/h3-6,8,10,29H,7,9H2,1-2H3,(H,26,28)(H,31,32). The summed E-state index contributed by atoms with van der Waals surface area (Å²) in [6.45, 7) is 2.71. The SMILES string of the molecule is Cc1c(CC(=O)NCC(C)C(=O)O)c2c(F)c(O)c(F)cc2n1C(=O)c1cccc(Cl)c1. The molecule has 7 nitrogen and oxygen atoms in total. The number of carboxylic acid groups (broad SMARTS) is 1. The minimum atomic E-state index is -1.30. The number of amides is 1. The van der Waals surface area contributed by atoms with Gasteiger partial charge in [-0.05, 0) is 30.7 Å². The fourth-order valence-electron chi connectivity index (χ4n) is 3.36. The average Bonchev–Trinajstić information content (AvgIpc) is 3.00. The third kappa shape index (κ3) is 4.29. The van der Waals surface area contributed by atoms with Crippen molar-refractivity contribution in [3.63, 3.8) is 0 Å². The first-order chi connectivity index (χ1) is 15.0. The number of hydrogen-bond acceptors (Lipinski definition) is 4. The highest BCUT2D eigenvalue weighted by Crippen LogP contribution is 2.35. The van der Waals surface area contributed by atoms with E-state index < -0.39 is 47.5 Å². The molecule has 0 aliphatic heterocycles. The van der Waals surface area contributed by atoms with E-state index in [9.17, 15) is 28.3 Å². The highest BCUT2D eigenvalue weighted by molar-refractivity contribution is 6.31. The molecule has 0 aliphatic carbocycles. The van der Waals surface area contributed by atoms with E-state index >= 15 is 0 Å². The number of nitrogens with zero attached hydrogens (tertiary/aromatic N) is 1. The predicted molar refractivity (Wildman–Crippen MR) is 113 cm³/mol. The summed E-state index contributed by atoms with van der Waals surface area (Å²) in [5.74, 6) is -7.01. The summed E-state index contributed by atoms with van der Waals surface area (Å²) in [7, 11) is 0. The second-order valence-corrected chi connectivity index (χ2v) is 7.79. The van der Waals surface area contributed by atoms with Crippen molar-refractivity contribution in [3.8, 4) is 5.75 Å². The van der Waals surface area contributed by atoms with Crippen molar-refractivity contribution in [1.82, 2.24) is 9.88 Å². The van der Waals surface area contributed by atoms with E-state index in [0.29, 0.717) is 0 Å². The van der Waals surface area contributed by atoms with Crippen LogP contribution in [0.2, 0.25) is 5.02 Å². The number of carbonyl (C=O) groups excluding carboxylic acids is 2. The Morgan fingerprint density at radius 2 is 1.91 bits per heavy atom. The van der Waals surface area contributed by atoms with Crippen LogP contribution in [0.1, 0.15) is 28.5 Å². The van der Waals surface area contributed by atoms with Crippen LogP contribution >= 0.6 is 11.6 Å². The Hall–Kier alpha value is -3.46. The van der Waals surface area contributed by atoms with Gasteiger partial charge in [0.15, 0.2) is 17.4 Å². The van der Waals surface area contributed by atoms with E-state index in [1.165, 1.54) is 26.0 Å². The van der Waals surface area contributed by atoms with Crippen molar-refractivity contribution in [1.29, 1.82) is 0 Å². The number of phenolic OH excluding ortho intramolecular Hbond substituents is 1. The van der Waals surface area contributed by atoms with Gasteiger partial charge in [0.2, 0.25) is 5.91 Å². The molecule has 0 saturated carbocycles. The van der Waals surface area contributed by atoms with Crippen molar-refractivity contribution in [2.75, 3.05) is 6.54 Å². The second kappa shape index (κ2) is 8.96. The van der Waals surface area contributed by atoms with E-state index in [1.54, 1.807) is 12.1 Å². The van der Waals surface area contributed by atoms with Gasteiger partial charge in [-0.3, -0.25) is 19.0 Å². The molecule has 0 spiro atoms. The van der Waals surface area contributed by atoms with Gasteiger partial charge in [-0.15, -0.1) is 0 Å². The first-order valence-electron chi connectivity index (χ1n) is 9.53. The minimum Gasteiger partial charge on any atom is -0.503 e. The van der Waals surface area contributed by atoms with Crippen molar-refractivity contribution in [2.45, 2.75) is 20.3 Å². The van der Waals surface area contributed by atoms with Crippen molar-refractivity contribution >= 4 is 40.3 Å². The van der Waals surface area contributed by atoms with Crippen LogP contribution in [0.3, 0.4) is 0 Å². The number of rotatable bonds is 6. The van der Waals surface area contributed by atoms with Gasteiger partial charge in [-0.2, -0.15) is 0 Å². The molecule has 32 heavy (non-hydrogen) atoms. The third-order valence-electron chi connectivity index (χ3n) is 5.13. The molecule has 1 atom stereocenters. The number of fused-ring (bicyclic) bond motifs is 1. The number of benzene rings is 2. The first-order valence-corrected chi connectivity index (χ1v) is 9.91. The zero-order valence-electron chi connectivity index (χ0n) is 17.1. The van der Waals surface area contributed by atoms with Gasteiger partial charge in [-0.25, -0.2) is 8.78 Å². The molecule has 3 N–H and O–H groups in total. The van der Waals surface area contributed by atoms with Crippen LogP contribution in [0.15, 0.2) is 30.3 Å². The Balaban J connectivity index is 2.12. The highest BCUT2D eigenvalue weighted by Gasteiger charge is 2.27. The van der Waals surface area contributed by atoms with Crippen molar-refractivity contribution < 1.29 is 33.4 Å². The summed E-state index contributed by atoms with van der Waals surface area (Å²) >= 11 is 5.95. The van der Waals surface area contributed by atoms with E-state index in [4.69, 9.17) is 16.7 Å². The molecule has 0 fully saturated rings. The number of carboxylic acids is 1. The minimum absolute atomic E-state index is 0.0589. The lowest BCUT2D eigenvalue weighted by Gasteiger charge is -2.09. The number of hydrogen-bond donors (Lipinski definition) is 3. The molecule has 1 unspecified atom stereocenters. The molecular formula is C22H19ClF2N2O5. The monoisotopic (exact) mass is 464 g/mol. The fourth-order valence-corrected chi connectivity index (χ4v) is 3.55. The molecule has 1 heterocycles. The number of halogens is 3. The Bertz CT molecular complexity index is 1260. The van der Waals surface area contributed by atoms with Crippen LogP contribution in [0, 0.1) is 24.5 Å². The van der Waals surface area contributed by atoms with Crippen LogP contribution < -0.4 is 5.32 Å². The van der Waals surface area contributed by atoms with Gasteiger partial charge in [0, 0.05) is 34.3 Å². The summed E-state index contributed by atoms with van der Waals surface area (Å²) in [4.78, 5) is 36.5. The van der Waals surface area contributed by atoms with E-state index in [1.807, 2.05) is 0 Å².